The largest absolute Gasteiger partial charge is 0.351 e. The lowest BCUT2D eigenvalue weighted by atomic mass is 10.1. The van der Waals surface area contributed by atoms with E-state index in [1.165, 1.54) is 0 Å². The molecule has 2 N–H and O–H groups in total. The van der Waals surface area contributed by atoms with Crippen LogP contribution in [-0.4, -0.2) is 66.4 Å². The van der Waals surface area contributed by atoms with Crippen LogP contribution < -0.4 is 10.6 Å². The molecular weight excluding hydrogens is 364 g/mol. The monoisotopic (exact) mass is 394 g/mol. The number of nitrogens with one attached hydrogen (secondary N) is 2. The molecule has 0 saturated carbocycles. The second-order valence-corrected chi connectivity index (χ2v) is 8.55. The summed E-state index contributed by atoms with van der Waals surface area (Å²) < 4.78 is 0. The smallest absolute Gasteiger partial charge is 0.234 e. The minimum absolute atomic E-state index is 0.00824. The average Bonchev–Trinajstić information content (AvgIpc) is 2.76. The molecule has 0 atom stereocenters. The third-order valence-corrected chi connectivity index (χ3v) is 4.54. The molecule has 1 aromatic rings. The highest BCUT2D eigenvalue weighted by molar-refractivity contribution is 6.30. The molecule has 150 valence electrons. The summed E-state index contributed by atoms with van der Waals surface area (Å²) >= 11 is 5.96. The van der Waals surface area contributed by atoms with Gasteiger partial charge in [-0.15, -0.1) is 0 Å². The molecule has 0 aromatic heterocycles. The maximum absolute atomic E-state index is 12.2. The summed E-state index contributed by atoms with van der Waals surface area (Å²) in [5, 5.41) is 6.62. The molecule has 0 radical (unpaired) electrons. The van der Waals surface area contributed by atoms with Crippen molar-refractivity contribution in [3.8, 4) is 0 Å². The number of carbonyl (C=O) groups is 2. The van der Waals surface area contributed by atoms with E-state index in [4.69, 9.17) is 11.6 Å². The third-order valence-electron chi connectivity index (χ3n) is 4.31. The van der Waals surface area contributed by atoms with Gasteiger partial charge in [0, 0.05) is 30.2 Å². The lowest BCUT2D eigenvalue weighted by Crippen LogP contribution is -2.46. The second kappa shape index (κ2) is 10.1. The van der Waals surface area contributed by atoms with E-state index in [2.05, 4.69) is 20.4 Å². The third kappa shape index (κ3) is 8.73. The van der Waals surface area contributed by atoms with E-state index in [0.29, 0.717) is 24.7 Å². The van der Waals surface area contributed by atoms with E-state index in [1.807, 2.05) is 45.0 Å². The summed E-state index contributed by atoms with van der Waals surface area (Å²) in [5.41, 5.74) is 0.776. The van der Waals surface area contributed by atoms with Gasteiger partial charge >= 0.3 is 0 Å². The number of nitrogens with zero attached hydrogens (tertiary/aromatic N) is 2. The molecule has 0 spiro atoms. The first-order valence-electron chi connectivity index (χ1n) is 9.48. The zero-order valence-electron chi connectivity index (χ0n) is 16.6. The van der Waals surface area contributed by atoms with Gasteiger partial charge in [0.25, 0.3) is 0 Å². The molecule has 27 heavy (non-hydrogen) atoms. The summed E-state index contributed by atoms with van der Waals surface area (Å²) in [7, 11) is 0. The van der Waals surface area contributed by atoms with Gasteiger partial charge in [0.05, 0.1) is 13.1 Å². The highest BCUT2D eigenvalue weighted by Gasteiger charge is 2.20. The van der Waals surface area contributed by atoms with Crippen LogP contribution in [0.3, 0.4) is 0 Å². The number of hydrogen-bond acceptors (Lipinski definition) is 4. The standard InChI is InChI=1S/C20H31ClN4O2/c1-20(2,3)23-19(27)15-25-9-5-8-24(10-11-25)14-18(26)22-13-16-6-4-7-17(21)12-16/h4,6-7,12H,5,8-11,13-15H2,1-3H3,(H,22,26)(H,23,27). The Hall–Kier alpha value is -1.63. The Morgan fingerprint density at radius 3 is 2.26 bits per heavy atom. The molecule has 0 bridgehead atoms. The van der Waals surface area contributed by atoms with Gasteiger partial charge in [0.15, 0.2) is 0 Å². The Balaban J connectivity index is 1.72. The van der Waals surface area contributed by atoms with Crippen molar-refractivity contribution in [1.82, 2.24) is 20.4 Å². The van der Waals surface area contributed by atoms with E-state index in [1.54, 1.807) is 0 Å². The average molecular weight is 395 g/mol. The summed E-state index contributed by atoms with van der Waals surface area (Å²) in [6, 6.07) is 7.49. The maximum Gasteiger partial charge on any atom is 0.234 e. The molecule has 2 amide bonds. The summed E-state index contributed by atoms with van der Waals surface area (Å²) in [4.78, 5) is 28.6. The normalized spacial score (nSPS) is 16.6. The van der Waals surface area contributed by atoms with Crippen molar-refractivity contribution in [2.24, 2.45) is 0 Å². The fourth-order valence-electron chi connectivity index (χ4n) is 3.11. The molecule has 0 unspecified atom stereocenters. The van der Waals surface area contributed by atoms with Crippen molar-refractivity contribution >= 4 is 23.4 Å². The predicted octanol–water partition coefficient (Wildman–Crippen LogP) is 1.88. The fraction of sp³-hybridized carbons (Fsp3) is 0.600. The Bertz CT molecular complexity index is 645. The first kappa shape index (κ1) is 21.7. The highest BCUT2D eigenvalue weighted by Crippen LogP contribution is 2.10. The van der Waals surface area contributed by atoms with Gasteiger partial charge in [0.1, 0.15) is 0 Å². The van der Waals surface area contributed by atoms with E-state index in [0.717, 1.165) is 38.2 Å². The quantitative estimate of drug-likeness (QED) is 0.773. The molecule has 1 fully saturated rings. The molecule has 1 heterocycles. The summed E-state index contributed by atoms with van der Waals surface area (Å²) in [6.07, 6.45) is 0.949. The van der Waals surface area contributed by atoms with Gasteiger partial charge in [-0.25, -0.2) is 0 Å². The van der Waals surface area contributed by atoms with Crippen molar-refractivity contribution in [2.75, 3.05) is 39.3 Å². The van der Waals surface area contributed by atoms with Crippen LogP contribution in [0.2, 0.25) is 5.02 Å². The van der Waals surface area contributed by atoms with Crippen molar-refractivity contribution in [1.29, 1.82) is 0 Å². The summed E-state index contributed by atoms with van der Waals surface area (Å²) in [5.74, 6) is 0.0594. The van der Waals surface area contributed by atoms with Crippen LogP contribution in [0.1, 0.15) is 32.8 Å². The van der Waals surface area contributed by atoms with Crippen LogP contribution in [0.25, 0.3) is 0 Å². The van der Waals surface area contributed by atoms with Gasteiger partial charge in [-0.2, -0.15) is 0 Å². The van der Waals surface area contributed by atoms with Gasteiger partial charge in [-0.3, -0.25) is 19.4 Å². The predicted molar refractivity (Wildman–Crippen MR) is 109 cm³/mol. The lowest BCUT2D eigenvalue weighted by Gasteiger charge is -2.25. The Morgan fingerprint density at radius 2 is 1.67 bits per heavy atom. The molecule has 0 aliphatic carbocycles. The first-order chi connectivity index (χ1) is 12.7. The topological polar surface area (TPSA) is 64.7 Å². The maximum atomic E-state index is 12.2. The van der Waals surface area contributed by atoms with Gasteiger partial charge in [-0.05, 0) is 58.0 Å². The number of carbonyl (C=O) groups excluding carboxylic acids is 2. The van der Waals surface area contributed by atoms with Crippen molar-refractivity contribution in [3.05, 3.63) is 34.9 Å². The van der Waals surface area contributed by atoms with Crippen molar-refractivity contribution < 1.29 is 9.59 Å². The molecule has 7 heteroatoms. The van der Waals surface area contributed by atoms with Crippen LogP contribution in [0.4, 0.5) is 0 Å². The highest BCUT2D eigenvalue weighted by atomic mass is 35.5. The molecule has 1 aromatic carbocycles. The number of amides is 2. The summed E-state index contributed by atoms with van der Waals surface area (Å²) in [6.45, 7) is 10.5. The van der Waals surface area contributed by atoms with E-state index >= 15 is 0 Å². The Labute approximate surface area is 167 Å². The van der Waals surface area contributed by atoms with Gasteiger partial charge in [0.2, 0.25) is 11.8 Å². The Kier molecular flexibility index (Phi) is 8.07. The lowest BCUT2D eigenvalue weighted by molar-refractivity contribution is -0.124. The van der Waals surface area contributed by atoms with Crippen LogP contribution in [0.15, 0.2) is 24.3 Å². The van der Waals surface area contributed by atoms with E-state index in [9.17, 15) is 9.59 Å². The molecule has 6 nitrogen and oxygen atoms in total. The van der Waals surface area contributed by atoms with E-state index in [-0.39, 0.29) is 17.4 Å². The van der Waals surface area contributed by atoms with E-state index < -0.39 is 0 Å². The minimum atomic E-state index is -0.212. The van der Waals surface area contributed by atoms with Crippen LogP contribution in [-0.2, 0) is 16.1 Å². The molecular formula is C20H31ClN4O2. The molecule has 2 rings (SSSR count). The van der Waals surface area contributed by atoms with Crippen LogP contribution in [0.5, 0.6) is 0 Å². The SMILES string of the molecule is CC(C)(C)NC(=O)CN1CCCN(CC(=O)NCc2cccc(Cl)c2)CC1. The zero-order chi connectivity index (χ0) is 19.9. The van der Waals surface area contributed by atoms with Gasteiger partial charge < -0.3 is 10.6 Å². The minimum Gasteiger partial charge on any atom is -0.351 e. The second-order valence-electron chi connectivity index (χ2n) is 8.11. The molecule has 1 aliphatic heterocycles. The van der Waals surface area contributed by atoms with Crippen LogP contribution in [0, 0.1) is 0 Å². The zero-order valence-corrected chi connectivity index (χ0v) is 17.3. The first-order valence-corrected chi connectivity index (χ1v) is 9.86. The molecule has 1 aliphatic rings. The fourth-order valence-corrected chi connectivity index (χ4v) is 3.32. The number of benzene rings is 1. The van der Waals surface area contributed by atoms with Gasteiger partial charge in [-0.1, -0.05) is 23.7 Å². The molecule has 1 saturated heterocycles. The number of hydrogen-bond donors (Lipinski definition) is 2. The number of rotatable bonds is 6. The van der Waals surface area contributed by atoms with Crippen molar-refractivity contribution in [2.45, 2.75) is 39.3 Å². The van der Waals surface area contributed by atoms with Crippen LogP contribution >= 0.6 is 11.6 Å². The van der Waals surface area contributed by atoms with Crippen molar-refractivity contribution in [3.63, 3.8) is 0 Å². The Morgan fingerprint density at radius 1 is 1.04 bits per heavy atom. The number of halogens is 1.